The van der Waals surface area contributed by atoms with Gasteiger partial charge in [-0.15, -0.1) is 0 Å². The van der Waals surface area contributed by atoms with Crippen molar-refractivity contribution in [2.75, 3.05) is 17.9 Å². The number of nitrogens with zero attached hydrogens (tertiary/aromatic N) is 2. The zero-order chi connectivity index (χ0) is 15.2. The first-order valence-electron chi connectivity index (χ1n) is 6.60. The molecule has 4 N–H and O–H groups in total. The van der Waals surface area contributed by atoms with E-state index in [9.17, 15) is 0 Å². The molecule has 1 heterocycles. The van der Waals surface area contributed by atoms with Gasteiger partial charge < -0.3 is 15.5 Å². The van der Waals surface area contributed by atoms with E-state index in [1.165, 1.54) is 6.33 Å². The van der Waals surface area contributed by atoms with Gasteiger partial charge in [-0.1, -0.05) is 29.3 Å². The zero-order valence-electron chi connectivity index (χ0n) is 12.0. The Bertz CT molecular complexity index is 620. The lowest BCUT2D eigenvalue weighted by molar-refractivity contribution is 0.415. The second-order valence-corrected chi connectivity index (χ2v) is 5.36. The summed E-state index contributed by atoms with van der Waals surface area (Å²) < 4.78 is 6.18. The van der Waals surface area contributed by atoms with E-state index in [0.717, 1.165) is 40.1 Å². The number of anilines is 3. The summed E-state index contributed by atoms with van der Waals surface area (Å²) in [7, 11) is 1.63. The molecule has 0 fully saturated rings. The number of aromatic nitrogens is 2. The molecule has 112 valence electrons. The summed E-state index contributed by atoms with van der Waals surface area (Å²) in [4.78, 5) is 8.46. The molecular formula is C14H18BrN5O. The standard InChI is InChI=1S/C14H18BrN5O/c1-3-4-12-13(17-8-18-14(12)20-16)19-10-5-9(15)6-11(7-10)21-2/h5-8H,3-4,16H2,1-2H3,(H2,17,18,19,20). The van der Waals surface area contributed by atoms with Crippen LogP contribution in [-0.2, 0) is 6.42 Å². The van der Waals surface area contributed by atoms with Crippen LogP contribution in [0.2, 0.25) is 0 Å². The monoisotopic (exact) mass is 351 g/mol. The van der Waals surface area contributed by atoms with Crippen LogP contribution in [0.1, 0.15) is 18.9 Å². The first kappa shape index (κ1) is 15.5. The number of nitrogen functional groups attached to an aromatic ring is 1. The minimum Gasteiger partial charge on any atom is -0.497 e. The molecule has 0 aliphatic heterocycles. The summed E-state index contributed by atoms with van der Waals surface area (Å²) in [5.74, 6) is 7.65. The Hall–Kier alpha value is -1.86. The SMILES string of the molecule is CCCc1c(NN)ncnc1Nc1cc(Br)cc(OC)c1. The summed E-state index contributed by atoms with van der Waals surface area (Å²) in [6.07, 6.45) is 3.28. The molecule has 0 atom stereocenters. The Balaban J connectivity index is 2.36. The second kappa shape index (κ2) is 7.24. The van der Waals surface area contributed by atoms with Crippen LogP contribution in [0.5, 0.6) is 5.75 Å². The smallest absolute Gasteiger partial charge is 0.148 e. The lowest BCUT2D eigenvalue weighted by Gasteiger charge is -2.14. The van der Waals surface area contributed by atoms with Crippen LogP contribution in [0.15, 0.2) is 29.0 Å². The average Bonchev–Trinajstić information content (AvgIpc) is 2.48. The molecule has 0 aliphatic carbocycles. The van der Waals surface area contributed by atoms with E-state index >= 15 is 0 Å². The number of halogens is 1. The van der Waals surface area contributed by atoms with Crippen molar-refractivity contribution in [3.05, 3.63) is 34.6 Å². The number of nitrogens with one attached hydrogen (secondary N) is 2. The average molecular weight is 352 g/mol. The quantitative estimate of drug-likeness (QED) is 0.547. The van der Waals surface area contributed by atoms with Gasteiger partial charge in [-0.05, 0) is 18.6 Å². The Labute approximate surface area is 132 Å². The van der Waals surface area contributed by atoms with E-state index in [1.807, 2.05) is 18.2 Å². The Morgan fingerprint density at radius 3 is 2.67 bits per heavy atom. The largest absolute Gasteiger partial charge is 0.497 e. The van der Waals surface area contributed by atoms with E-state index in [2.05, 4.69) is 43.6 Å². The molecular weight excluding hydrogens is 334 g/mol. The van der Waals surface area contributed by atoms with Crippen LogP contribution < -0.4 is 21.3 Å². The van der Waals surface area contributed by atoms with Crippen LogP contribution in [-0.4, -0.2) is 17.1 Å². The molecule has 0 aliphatic rings. The highest BCUT2D eigenvalue weighted by Crippen LogP contribution is 2.29. The van der Waals surface area contributed by atoms with Gasteiger partial charge in [-0.3, -0.25) is 0 Å². The van der Waals surface area contributed by atoms with Gasteiger partial charge in [-0.25, -0.2) is 15.8 Å². The number of methoxy groups -OCH3 is 1. The Morgan fingerprint density at radius 2 is 2.00 bits per heavy atom. The van der Waals surface area contributed by atoms with Crippen molar-refractivity contribution in [2.45, 2.75) is 19.8 Å². The third-order valence-corrected chi connectivity index (χ3v) is 3.41. The van der Waals surface area contributed by atoms with E-state index in [-0.39, 0.29) is 0 Å². The minimum absolute atomic E-state index is 0.635. The van der Waals surface area contributed by atoms with Crippen molar-refractivity contribution < 1.29 is 4.74 Å². The molecule has 0 bridgehead atoms. The van der Waals surface area contributed by atoms with Crippen LogP contribution in [0.25, 0.3) is 0 Å². The lowest BCUT2D eigenvalue weighted by atomic mass is 10.1. The number of ether oxygens (including phenoxy) is 1. The fraction of sp³-hybridized carbons (Fsp3) is 0.286. The molecule has 7 heteroatoms. The molecule has 0 saturated heterocycles. The third kappa shape index (κ3) is 3.83. The van der Waals surface area contributed by atoms with E-state index in [0.29, 0.717) is 5.82 Å². The van der Waals surface area contributed by atoms with Gasteiger partial charge in [0.2, 0.25) is 0 Å². The van der Waals surface area contributed by atoms with Crippen LogP contribution in [0.3, 0.4) is 0 Å². The molecule has 2 rings (SSSR count). The summed E-state index contributed by atoms with van der Waals surface area (Å²) in [6, 6.07) is 5.75. The number of nitrogens with two attached hydrogens (primary N) is 1. The lowest BCUT2D eigenvalue weighted by Crippen LogP contribution is -2.13. The molecule has 0 amide bonds. The molecule has 6 nitrogen and oxygen atoms in total. The molecule has 2 aromatic rings. The highest BCUT2D eigenvalue weighted by Gasteiger charge is 2.11. The summed E-state index contributed by atoms with van der Waals surface area (Å²) in [5.41, 5.74) is 4.45. The molecule has 0 radical (unpaired) electrons. The van der Waals surface area contributed by atoms with Crippen molar-refractivity contribution >= 4 is 33.3 Å². The van der Waals surface area contributed by atoms with Crippen molar-refractivity contribution in [3.8, 4) is 5.75 Å². The number of rotatable bonds is 6. The highest BCUT2D eigenvalue weighted by atomic mass is 79.9. The van der Waals surface area contributed by atoms with Crippen LogP contribution >= 0.6 is 15.9 Å². The maximum absolute atomic E-state index is 5.52. The third-order valence-electron chi connectivity index (χ3n) is 2.95. The molecule has 1 aromatic heterocycles. The first-order valence-corrected chi connectivity index (χ1v) is 7.39. The van der Waals surface area contributed by atoms with Gasteiger partial charge in [-0.2, -0.15) is 0 Å². The maximum atomic E-state index is 5.52. The summed E-state index contributed by atoms with van der Waals surface area (Å²) >= 11 is 3.46. The van der Waals surface area contributed by atoms with Crippen molar-refractivity contribution in [3.63, 3.8) is 0 Å². The Morgan fingerprint density at radius 1 is 1.24 bits per heavy atom. The number of hydrogen-bond donors (Lipinski definition) is 3. The van der Waals surface area contributed by atoms with Gasteiger partial charge in [0, 0.05) is 21.8 Å². The predicted octanol–water partition coefficient (Wildman–Crippen LogP) is 3.23. The van der Waals surface area contributed by atoms with Gasteiger partial charge in [0.1, 0.15) is 23.7 Å². The molecule has 0 saturated carbocycles. The summed E-state index contributed by atoms with van der Waals surface area (Å²) in [6.45, 7) is 2.10. The molecule has 21 heavy (non-hydrogen) atoms. The van der Waals surface area contributed by atoms with Crippen molar-refractivity contribution in [2.24, 2.45) is 5.84 Å². The number of benzene rings is 1. The van der Waals surface area contributed by atoms with Gasteiger partial charge in [0.05, 0.1) is 7.11 Å². The zero-order valence-corrected chi connectivity index (χ0v) is 13.6. The van der Waals surface area contributed by atoms with Crippen LogP contribution in [0, 0.1) is 0 Å². The second-order valence-electron chi connectivity index (χ2n) is 4.45. The Kier molecular flexibility index (Phi) is 5.35. The van der Waals surface area contributed by atoms with Crippen molar-refractivity contribution in [1.82, 2.24) is 9.97 Å². The number of hydrogen-bond acceptors (Lipinski definition) is 6. The van der Waals surface area contributed by atoms with Crippen LogP contribution in [0.4, 0.5) is 17.3 Å². The van der Waals surface area contributed by atoms with E-state index in [1.54, 1.807) is 7.11 Å². The van der Waals surface area contributed by atoms with Gasteiger partial charge in [0.25, 0.3) is 0 Å². The first-order chi connectivity index (χ1) is 10.2. The maximum Gasteiger partial charge on any atom is 0.148 e. The fourth-order valence-corrected chi connectivity index (χ4v) is 2.49. The fourth-order valence-electron chi connectivity index (χ4n) is 2.02. The molecule has 0 unspecified atom stereocenters. The van der Waals surface area contributed by atoms with E-state index in [4.69, 9.17) is 10.6 Å². The topological polar surface area (TPSA) is 85.1 Å². The molecule has 0 spiro atoms. The highest BCUT2D eigenvalue weighted by molar-refractivity contribution is 9.10. The minimum atomic E-state index is 0.635. The van der Waals surface area contributed by atoms with E-state index < -0.39 is 0 Å². The van der Waals surface area contributed by atoms with Gasteiger partial charge in [0.15, 0.2) is 0 Å². The predicted molar refractivity (Wildman–Crippen MR) is 87.8 cm³/mol. The number of hydrazine groups is 1. The summed E-state index contributed by atoms with van der Waals surface area (Å²) in [5, 5.41) is 3.29. The van der Waals surface area contributed by atoms with Crippen molar-refractivity contribution in [1.29, 1.82) is 0 Å². The normalized spacial score (nSPS) is 10.3. The van der Waals surface area contributed by atoms with Gasteiger partial charge >= 0.3 is 0 Å². The molecule has 1 aromatic carbocycles.